The van der Waals surface area contributed by atoms with E-state index in [9.17, 15) is 0 Å². The minimum atomic E-state index is 1.14. The normalized spacial score (nSPS) is 11.5. The zero-order valence-corrected chi connectivity index (χ0v) is 11.1. The van der Waals surface area contributed by atoms with Crippen molar-refractivity contribution in [3.8, 4) is 11.3 Å². The molecule has 1 aromatic heterocycles. The van der Waals surface area contributed by atoms with Crippen molar-refractivity contribution in [2.75, 3.05) is 7.05 Å². The van der Waals surface area contributed by atoms with Gasteiger partial charge in [-0.05, 0) is 18.6 Å². The van der Waals surface area contributed by atoms with E-state index in [1.165, 1.54) is 16.5 Å². The highest BCUT2D eigenvalue weighted by Gasteiger charge is 2.12. The summed E-state index contributed by atoms with van der Waals surface area (Å²) in [6.07, 6.45) is 1.93. The van der Waals surface area contributed by atoms with E-state index in [4.69, 9.17) is 0 Å². The zero-order valence-electron chi connectivity index (χ0n) is 11.1. The Balaban J connectivity index is 2.35. The number of aromatic amines is 1. The Labute approximate surface area is 112 Å². The van der Waals surface area contributed by atoms with Crippen LogP contribution in [-0.2, 0) is 0 Å². The summed E-state index contributed by atoms with van der Waals surface area (Å²) in [6.45, 7) is 2.13. The molecule has 0 bridgehead atoms. The van der Waals surface area contributed by atoms with E-state index in [2.05, 4.69) is 59.4 Å². The molecule has 94 valence electrons. The van der Waals surface area contributed by atoms with Crippen molar-refractivity contribution in [1.29, 1.82) is 0 Å². The van der Waals surface area contributed by atoms with E-state index >= 15 is 0 Å². The van der Waals surface area contributed by atoms with Gasteiger partial charge in [0.15, 0.2) is 0 Å². The van der Waals surface area contributed by atoms with Crippen molar-refractivity contribution < 1.29 is 0 Å². The Morgan fingerprint density at radius 2 is 1.74 bits per heavy atom. The van der Waals surface area contributed by atoms with Gasteiger partial charge in [0.25, 0.3) is 0 Å². The number of hydrogen-bond acceptors (Lipinski definition) is 1. The number of hydrogen-bond donors (Lipinski definition) is 1. The number of fused-ring (bicyclic) bond motifs is 1. The number of benzene rings is 2. The van der Waals surface area contributed by atoms with Crippen LogP contribution >= 0.6 is 0 Å². The molecule has 2 aromatic carbocycles. The van der Waals surface area contributed by atoms with Crippen LogP contribution in [0.5, 0.6) is 0 Å². The largest absolute Gasteiger partial charge is 0.354 e. The first-order valence-electron chi connectivity index (χ1n) is 6.40. The molecule has 0 spiro atoms. The fourth-order valence-electron chi connectivity index (χ4n) is 2.49. The molecule has 19 heavy (non-hydrogen) atoms. The maximum atomic E-state index is 4.20. The van der Waals surface area contributed by atoms with Crippen LogP contribution in [0.15, 0.2) is 53.5 Å². The third-order valence-corrected chi connectivity index (χ3v) is 3.42. The van der Waals surface area contributed by atoms with Gasteiger partial charge in [-0.3, -0.25) is 4.99 Å². The highest BCUT2D eigenvalue weighted by Crippen LogP contribution is 2.30. The lowest BCUT2D eigenvalue weighted by atomic mass is 10.0. The number of aliphatic imine (C=N–C) groups is 1. The van der Waals surface area contributed by atoms with E-state index in [-0.39, 0.29) is 0 Å². The fourth-order valence-corrected chi connectivity index (χ4v) is 2.49. The van der Waals surface area contributed by atoms with Gasteiger partial charge in [0.2, 0.25) is 0 Å². The summed E-state index contributed by atoms with van der Waals surface area (Å²) in [4.78, 5) is 7.71. The smallest absolute Gasteiger partial charge is 0.0556 e. The molecule has 0 saturated heterocycles. The molecule has 0 amide bonds. The number of para-hydroxylation sites is 1. The summed E-state index contributed by atoms with van der Waals surface area (Å²) in [5.74, 6) is 0. The van der Waals surface area contributed by atoms with Gasteiger partial charge in [-0.15, -0.1) is 0 Å². The number of aryl methyl sites for hydroxylation is 1. The van der Waals surface area contributed by atoms with E-state index in [0.717, 1.165) is 16.8 Å². The van der Waals surface area contributed by atoms with Crippen LogP contribution in [0.2, 0.25) is 0 Å². The second-order valence-electron chi connectivity index (χ2n) is 4.66. The minimum absolute atomic E-state index is 1.14. The number of rotatable bonds is 2. The first-order valence-corrected chi connectivity index (χ1v) is 6.40. The topological polar surface area (TPSA) is 28.1 Å². The molecule has 0 fully saturated rings. The molecule has 0 saturated carbocycles. The summed E-state index contributed by atoms with van der Waals surface area (Å²) in [7, 11) is 1.81. The van der Waals surface area contributed by atoms with Gasteiger partial charge in [-0.25, -0.2) is 0 Å². The Kier molecular flexibility index (Phi) is 2.92. The highest BCUT2D eigenvalue weighted by molar-refractivity contribution is 6.06. The van der Waals surface area contributed by atoms with Crippen LogP contribution in [0.25, 0.3) is 22.2 Å². The first-order chi connectivity index (χ1) is 9.31. The number of nitrogens with zero attached hydrogens (tertiary/aromatic N) is 1. The van der Waals surface area contributed by atoms with Crippen LogP contribution in [0.4, 0.5) is 0 Å². The second kappa shape index (κ2) is 4.73. The van der Waals surface area contributed by atoms with E-state index < -0.39 is 0 Å². The Bertz CT molecular complexity index is 751. The van der Waals surface area contributed by atoms with Crippen molar-refractivity contribution in [3.05, 3.63) is 59.7 Å². The fraction of sp³-hybridized carbons (Fsp3) is 0.118. The van der Waals surface area contributed by atoms with E-state index in [1.54, 1.807) is 0 Å². The summed E-state index contributed by atoms with van der Waals surface area (Å²) >= 11 is 0. The molecular weight excluding hydrogens is 232 g/mol. The second-order valence-corrected chi connectivity index (χ2v) is 4.66. The zero-order chi connectivity index (χ0) is 13.2. The third-order valence-electron chi connectivity index (χ3n) is 3.42. The molecular formula is C17H16N2. The maximum Gasteiger partial charge on any atom is 0.0556 e. The predicted octanol–water partition coefficient (Wildman–Crippen LogP) is 4.19. The van der Waals surface area contributed by atoms with E-state index in [1.807, 2.05) is 19.3 Å². The average Bonchev–Trinajstić information content (AvgIpc) is 2.79. The molecule has 1 heterocycles. The summed E-state index contributed by atoms with van der Waals surface area (Å²) < 4.78 is 0. The van der Waals surface area contributed by atoms with Gasteiger partial charge in [-0.1, -0.05) is 42.5 Å². The minimum Gasteiger partial charge on any atom is -0.354 e. The third kappa shape index (κ3) is 1.95. The van der Waals surface area contributed by atoms with Gasteiger partial charge in [0, 0.05) is 35.3 Å². The molecule has 3 rings (SSSR count). The van der Waals surface area contributed by atoms with Crippen LogP contribution in [-0.4, -0.2) is 18.2 Å². The number of aromatic nitrogens is 1. The molecule has 2 nitrogen and oxygen atoms in total. The Morgan fingerprint density at radius 3 is 2.53 bits per heavy atom. The summed E-state index contributed by atoms with van der Waals surface area (Å²) in [6, 6.07) is 16.8. The molecule has 0 aliphatic heterocycles. The van der Waals surface area contributed by atoms with Gasteiger partial charge >= 0.3 is 0 Å². The summed E-state index contributed by atoms with van der Waals surface area (Å²) in [5.41, 5.74) is 5.95. The SMILES string of the molecule is CN=Cc1c(-c2ccccc2C)[nH]c2ccccc12. The van der Waals surface area contributed by atoms with Crippen molar-refractivity contribution >= 4 is 17.1 Å². The van der Waals surface area contributed by atoms with Crippen LogP contribution in [0, 0.1) is 6.92 Å². The van der Waals surface area contributed by atoms with Crippen molar-refractivity contribution in [3.63, 3.8) is 0 Å². The Hall–Kier alpha value is -2.35. The van der Waals surface area contributed by atoms with Gasteiger partial charge in [0.05, 0.1) is 5.69 Å². The standard InChI is InChI=1S/C17H16N2/c1-12-7-3-4-8-13(12)17-15(11-18-2)14-9-5-6-10-16(14)19-17/h3-11,19H,1-2H3. The van der Waals surface area contributed by atoms with Crippen LogP contribution < -0.4 is 0 Å². The predicted molar refractivity (Wildman–Crippen MR) is 82.0 cm³/mol. The highest BCUT2D eigenvalue weighted by atomic mass is 14.7. The molecule has 3 aromatic rings. The van der Waals surface area contributed by atoms with Crippen molar-refractivity contribution in [2.24, 2.45) is 4.99 Å². The van der Waals surface area contributed by atoms with Crippen molar-refractivity contribution in [1.82, 2.24) is 4.98 Å². The number of H-pyrrole nitrogens is 1. The van der Waals surface area contributed by atoms with E-state index in [0.29, 0.717) is 0 Å². The lowest BCUT2D eigenvalue weighted by Crippen LogP contribution is -1.88. The van der Waals surface area contributed by atoms with Crippen molar-refractivity contribution in [2.45, 2.75) is 6.92 Å². The molecule has 0 atom stereocenters. The first kappa shape index (κ1) is 11.7. The van der Waals surface area contributed by atoms with Gasteiger partial charge in [-0.2, -0.15) is 0 Å². The molecule has 0 aliphatic carbocycles. The quantitative estimate of drug-likeness (QED) is 0.659. The average molecular weight is 248 g/mol. The van der Waals surface area contributed by atoms with Gasteiger partial charge in [0.1, 0.15) is 0 Å². The molecule has 1 N–H and O–H groups in total. The maximum absolute atomic E-state index is 4.20. The lowest BCUT2D eigenvalue weighted by molar-refractivity contribution is 1.39. The molecule has 0 radical (unpaired) electrons. The van der Waals surface area contributed by atoms with Gasteiger partial charge < -0.3 is 4.98 Å². The molecule has 2 heteroatoms. The summed E-state index contributed by atoms with van der Waals surface area (Å²) in [5, 5.41) is 1.21. The number of nitrogens with one attached hydrogen (secondary N) is 1. The lowest BCUT2D eigenvalue weighted by Gasteiger charge is -2.04. The Morgan fingerprint density at radius 1 is 1.00 bits per heavy atom. The van der Waals surface area contributed by atoms with Crippen LogP contribution in [0.3, 0.4) is 0 Å². The van der Waals surface area contributed by atoms with Crippen LogP contribution in [0.1, 0.15) is 11.1 Å². The molecule has 0 unspecified atom stereocenters. The molecule has 0 aliphatic rings. The monoisotopic (exact) mass is 248 g/mol.